The Morgan fingerprint density at radius 2 is 1.82 bits per heavy atom. The molecule has 0 saturated heterocycles. The minimum Gasteiger partial charge on any atom is -0.497 e. The van der Waals surface area contributed by atoms with E-state index < -0.39 is 17.6 Å². The summed E-state index contributed by atoms with van der Waals surface area (Å²) in [7, 11) is 5.09. The van der Waals surface area contributed by atoms with Crippen LogP contribution in [0, 0.1) is 0 Å². The number of carbonyl (C=O) groups is 1. The molecule has 1 atom stereocenters. The molecular weight excluding hydrogens is 651 g/mol. The Hall–Kier alpha value is -5.99. The third-order valence-electron chi connectivity index (χ3n) is 8.66. The number of aryl methyl sites for hydroxylation is 2. The topological polar surface area (TPSA) is 134 Å². The van der Waals surface area contributed by atoms with Crippen LogP contribution in [0.15, 0.2) is 73.3 Å². The number of alkyl halides is 3. The quantitative estimate of drug-likeness (QED) is 0.176. The Kier molecular flexibility index (Phi) is 8.55. The molecule has 50 heavy (non-hydrogen) atoms. The number of nitrogens with zero attached hydrogens (tertiary/aromatic N) is 7. The van der Waals surface area contributed by atoms with Crippen molar-refractivity contribution in [3.8, 4) is 22.8 Å². The predicted molar refractivity (Wildman–Crippen MR) is 179 cm³/mol. The van der Waals surface area contributed by atoms with Gasteiger partial charge in [-0.25, -0.2) is 19.6 Å². The number of nitrogens with one attached hydrogen (secondary N) is 2. The summed E-state index contributed by atoms with van der Waals surface area (Å²) in [6.07, 6.45) is 2.61. The zero-order valence-corrected chi connectivity index (χ0v) is 27.3. The van der Waals surface area contributed by atoms with Crippen LogP contribution < -0.4 is 20.1 Å². The van der Waals surface area contributed by atoms with Gasteiger partial charge in [0.25, 0.3) is 5.91 Å². The van der Waals surface area contributed by atoms with Crippen LogP contribution in [0.5, 0.6) is 11.5 Å². The number of methoxy groups -OCH3 is 2. The maximum atomic E-state index is 13.2. The zero-order chi connectivity index (χ0) is 35.0. The predicted octanol–water partition coefficient (Wildman–Crippen LogP) is 6.45. The fraction of sp³-hybridized carbons (Fsp3) is 0.257. The lowest BCUT2D eigenvalue weighted by Crippen LogP contribution is -2.18. The molecule has 6 aromatic rings. The van der Waals surface area contributed by atoms with Crippen LogP contribution in [0.3, 0.4) is 0 Å². The van der Waals surface area contributed by atoms with Crippen LogP contribution in [0.4, 0.5) is 24.8 Å². The highest BCUT2D eigenvalue weighted by Crippen LogP contribution is 2.39. The summed E-state index contributed by atoms with van der Waals surface area (Å²) >= 11 is 0. The largest absolute Gasteiger partial charge is 0.497 e. The van der Waals surface area contributed by atoms with Gasteiger partial charge in [0.1, 0.15) is 35.2 Å². The number of amides is 1. The van der Waals surface area contributed by atoms with Gasteiger partial charge in [-0.2, -0.15) is 23.4 Å². The highest BCUT2D eigenvalue weighted by Gasteiger charge is 2.31. The smallest absolute Gasteiger partial charge is 0.416 e. The molecule has 1 amide bonds. The minimum absolute atomic E-state index is 0.113. The van der Waals surface area contributed by atoms with Crippen molar-refractivity contribution in [2.45, 2.75) is 38.0 Å². The van der Waals surface area contributed by atoms with Gasteiger partial charge in [0.05, 0.1) is 36.9 Å². The molecule has 0 spiro atoms. The standard InChI is InChI=1S/C35H32F3N9O3/c1-46-18-25-26(44-46)5-4-6-27(25)47-33-30(32(41-19-42-33)40-17-22-11-12-24(49-2)16-28(22)50-3)31(45-47)20-7-9-21(10-8-20)34(48)43-29-15-23(13-14-39-29)35(36,37)38/h7-16,18-19,27H,4-6,17H2,1-3H3,(H,39,43,48)(H,40,41,42)/t27-/m1/s1. The first-order valence-corrected chi connectivity index (χ1v) is 15.8. The third-order valence-corrected chi connectivity index (χ3v) is 8.66. The number of anilines is 2. The lowest BCUT2D eigenvalue weighted by atomic mass is 9.93. The van der Waals surface area contributed by atoms with E-state index in [1.165, 1.54) is 6.33 Å². The number of hydrogen-bond donors (Lipinski definition) is 2. The Balaban J connectivity index is 1.26. The van der Waals surface area contributed by atoms with Gasteiger partial charge in [0.2, 0.25) is 0 Å². The lowest BCUT2D eigenvalue weighted by molar-refractivity contribution is -0.137. The van der Waals surface area contributed by atoms with Crippen LogP contribution >= 0.6 is 0 Å². The van der Waals surface area contributed by atoms with Crippen molar-refractivity contribution < 1.29 is 27.4 Å². The van der Waals surface area contributed by atoms with E-state index in [2.05, 4.69) is 25.7 Å². The van der Waals surface area contributed by atoms with E-state index in [9.17, 15) is 18.0 Å². The zero-order valence-electron chi connectivity index (χ0n) is 27.3. The van der Waals surface area contributed by atoms with Crippen LogP contribution in [0.1, 0.15) is 51.6 Å². The average molecular weight is 684 g/mol. The highest BCUT2D eigenvalue weighted by atomic mass is 19.4. The van der Waals surface area contributed by atoms with Crippen molar-refractivity contribution in [3.05, 3.63) is 101 Å². The number of aromatic nitrogens is 7. The van der Waals surface area contributed by atoms with E-state index in [1.807, 2.05) is 40.8 Å². The van der Waals surface area contributed by atoms with E-state index in [4.69, 9.17) is 19.6 Å². The summed E-state index contributed by atoms with van der Waals surface area (Å²) in [5.41, 5.74) is 4.21. The van der Waals surface area contributed by atoms with E-state index >= 15 is 0 Å². The summed E-state index contributed by atoms with van der Waals surface area (Å²) < 4.78 is 54.3. The SMILES string of the molecule is COc1ccc(CNc2ncnc3c2c(-c2ccc(C(=O)Nc4cc(C(F)(F)F)ccn4)cc2)nn3[C@@H]2CCCc3nn(C)cc32)c(OC)c1. The molecular formula is C35H32F3N9O3. The van der Waals surface area contributed by atoms with Gasteiger partial charge in [-0.1, -0.05) is 12.1 Å². The molecule has 4 heterocycles. The van der Waals surface area contributed by atoms with Crippen LogP contribution in [-0.4, -0.2) is 54.6 Å². The molecule has 1 aliphatic carbocycles. The van der Waals surface area contributed by atoms with Gasteiger partial charge in [-0.3, -0.25) is 9.48 Å². The van der Waals surface area contributed by atoms with Crippen molar-refractivity contribution in [2.24, 2.45) is 7.05 Å². The van der Waals surface area contributed by atoms with E-state index in [0.29, 0.717) is 46.2 Å². The Morgan fingerprint density at radius 1 is 1.00 bits per heavy atom. The Bertz CT molecular complexity index is 2200. The van der Waals surface area contributed by atoms with Gasteiger partial charge >= 0.3 is 6.18 Å². The summed E-state index contributed by atoms with van der Waals surface area (Å²) in [6.45, 7) is 0.378. The third kappa shape index (κ3) is 6.29. The molecule has 0 saturated carbocycles. The monoisotopic (exact) mass is 683 g/mol. The molecule has 0 bridgehead atoms. The highest BCUT2D eigenvalue weighted by molar-refractivity contribution is 6.04. The normalized spacial score (nSPS) is 14.3. The Labute approximate surface area is 284 Å². The van der Waals surface area contributed by atoms with Gasteiger partial charge in [-0.05, 0) is 55.7 Å². The van der Waals surface area contributed by atoms with Gasteiger partial charge in [0.15, 0.2) is 5.65 Å². The van der Waals surface area contributed by atoms with Crippen LogP contribution in [0.25, 0.3) is 22.3 Å². The number of halogens is 3. The van der Waals surface area contributed by atoms with E-state index in [0.717, 1.165) is 54.4 Å². The van der Waals surface area contributed by atoms with Crippen LogP contribution in [0.2, 0.25) is 0 Å². The van der Waals surface area contributed by atoms with Crippen molar-refractivity contribution in [1.82, 2.24) is 34.5 Å². The second-order valence-corrected chi connectivity index (χ2v) is 11.8. The first-order chi connectivity index (χ1) is 24.1. The molecule has 0 unspecified atom stereocenters. The molecule has 256 valence electrons. The summed E-state index contributed by atoms with van der Waals surface area (Å²) in [4.78, 5) is 26.2. The Morgan fingerprint density at radius 3 is 2.58 bits per heavy atom. The minimum atomic E-state index is -4.56. The number of carbonyl (C=O) groups excluding carboxylic acids is 1. The van der Waals surface area contributed by atoms with E-state index in [-0.39, 0.29) is 17.4 Å². The molecule has 15 heteroatoms. The second kappa shape index (κ2) is 13.1. The average Bonchev–Trinajstić information content (AvgIpc) is 3.71. The van der Waals surface area contributed by atoms with Crippen molar-refractivity contribution in [3.63, 3.8) is 0 Å². The number of rotatable bonds is 9. The van der Waals surface area contributed by atoms with Crippen LogP contribution in [-0.2, 0) is 26.2 Å². The number of ether oxygens (including phenoxy) is 2. The van der Waals surface area contributed by atoms with Gasteiger partial charge < -0.3 is 20.1 Å². The summed E-state index contributed by atoms with van der Waals surface area (Å²) in [5.74, 6) is 1.06. The number of fused-ring (bicyclic) bond motifs is 2. The molecule has 12 nitrogen and oxygen atoms in total. The summed E-state index contributed by atoms with van der Waals surface area (Å²) in [5, 5.41) is 16.4. The molecule has 2 aromatic carbocycles. The van der Waals surface area contributed by atoms with Crippen molar-refractivity contribution >= 4 is 28.6 Å². The number of benzene rings is 2. The first-order valence-electron chi connectivity index (χ1n) is 15.8. The lowest BCUT2D eigenvalue weighted by Gasteiger charge is -2.22. The number of hydrogen-bond acceptors (Lipinski definition) is 9. The molecule has 0 radical (unpaired) electrons. The molecule has 7 rings (SSSR count). The maximum absolute atomic E-state index is 13.2. The fourth-order valence-electron chi connectivity index (χ4n) is 6.24. The molecule has 0 aliphatic heterocycles. The molecule has 1 aliphatic rings. The van der Waals surface area contributed by atoms with Gasteiger partial charge in [-0.15, -0.1) is 0 Å². The number of pyridine rings is 1. The molecule has 2 N–H and O–H groups in total. The maximum Gasteiger partial charge on any atom is 0.416 e. The van der Waals surface area contributed by atoms with Crippen molar-refractivity contribution in [1.29, 1.82) is 0 Å². The van der Waals surface area contributed by atoms with Gasteiger partial charge in [0, 0.05) is 54.3 Å². The van der Waals surface area contributed by atoms with Crippen molar-refractivity contribution in [2.75, 3.05) is 24.9 Å². The molecule has 0 fully saturated rings. The molecule has 4 aromatic heterocycles. The van der Waals surface area contributed by atoms with E-state index in [1.54, 1.807) is 38.5 Å². The first kappa shape index (κ1) is 32.6. The fourth-order valence-corrected chi connectivity index (χ4v) is 6.24. The second-order valence-electron chi connectivity index (χ2n) is 11.8. The summed E-state index contributed by atoms with van der Waals surface area (Å²) in [6, 6.07) is 13.7.